The molecule has 0 spiro atoms. The van der Waals surface area contributed by atoms with Gasteiger partial charge in [0.1, 0.15) is 6.54 Å². The molecule has 1 aromatic heterocycles. The van der Waals surface area contributed by atoms with Gasteiger partial charge >= 0.3 is 0 Å². The Morgan fingerprint density at radius 3 is 2.70 bits per heavy atom. The van der Waals surface area contributed by atoms with Crippen LogP contribution in [0.3, 0.4) is 0 Å². The number of rotatable bonds is 4. The van der Waals surface area contributed by atoms with Crippen molar-refractivity contribution in [3.05, 3.63) is 36.0 Å². The maximum Gasteiger partial charge on any atom is 0.241 e. The third-order valence-electron chi connectivity index (χ3n) is 6.11. The second kappa shape index (κ2) is 7.00. The van der Waals surface area contributed by atoms with Crippen molar-refractivity contribution >= 4 is 22.7 Å². The molecule has 3 fully saturated rings. The first kappa shape index (κ1) is 18.0. The average molecular weight is 368 g/mol. The lowest BCUT2D eigenvalue weighted by atomic mass is 9.94. The SMILES string of the molecule is CN(C)C(=O)CN1C(=O)[C@H]2CC[C@@H]1CN(Cc1cc3ccccc3n1C)C2. The molecule has 0 unspecified atom stereocenters. The van der Waals surface area contributed by atoms with Crippen LogP contribution in [0.25, 0.3) is 10.9 Å². The van der Waals surface area contributed by atoms with Crippen LogP contribution < -0.4 is 0 Å². The molecule has 6 heteroatoms. The van der Waals surface area contributed by atoms with Gasteiger partial charge in [-0.1, -0.05) is 18.2 Å². The summed E-state index contributed by atoms with van der Waals surface area (Å²) < 4.78 is 2.25. The molecule has 3 aliphatic rings. The summed E-state index contributed by atoms with van der Waals surface area (Å²) in [4.78, 5) is 30.9. The highest BCUT2D eigenvalue weighted by atomic mass is 16.2. The first-order chi connectivity index (χ1) is 12.9. The zero-order valence-corrected chi connectivity index (χ0v) is 16.4. The summed E-state index contributed by atoms with van der Waals surface area (Å²) >= 11 is 0. The molecule has 3 aliphatic heterocycles. The fourth-order valence-electron chi connectivity index (χ4n) is 4.48. The predicted molar refractivity (Wildman–Crippen MR) is 105 cm³/mol. The smallest absolute Gasteiger partial charge is 0.241 e. The van der Waals surface area contributed by atoms with Crippen molar-refractivity contribution in [2.24, 2.45) is 13.0 Å². The van der Waals surface area contributed by atoms with Crippen LogP contribution in [-0.4, -0.2) is 70.9 Å². The minimum absolute atomic E-state index is 0.00358. The van der Waals surface area contributed by atoms with E-state index in [1.54, 1.807) is 19.0 Å². The monoisotopic (exact) mass is 368 g/mol. The van der Waals surface area contributed by atoms with E-state index in [9.17, 15) is 9.59 Å². The molecule has 0 N–H and O–H groups in total. The van der Waals surface area contributed by atoms with Crippen LogP contribution in [0.5, 0.6) is 0 Å². The van der Waals surface area contributed by atoms with Crippen LogP contribution >= 0.6 is 0 Å². The molecule has 144 valence electrons. The minimum atomic E-state index is -0.00358. The number of piperidine rings is 1. The van der Waals surface area contributed by atoms with E-state index in [1.807, 2.05) is 4.90 Å². The van der Waals surface area contributed by atoms with Crippen molar-refractivity contribution in [2.75, 3.05) is 33.7 Å². The zero-order chi connectivity index (χ0) is 19.1. The second-order valence-corrected chi connectivity index (χ2v) is 8.13. The fraction of sp³-hybridized carbons (Fsp3) is 0.524. The molecular formula is C21H28N4O2. The van der Waals surface area contributed by atoms with E-state index >= 15 is 0 Å². The van der Waals surface area contributed by atoms with E-state index in [0.717, 1.165) is 32.5 Å². The summed E-state index contributed by atoms with van der Waals surface area (Å²) in [5.41, 5.74) is 2.50. The quantitative estimate of drug-likeness (QED) is 0.825. The van der Waals surface area contributed by atoms with E-state index < -0.39 is 0 Å². The van der Waals surface area contributed by atoms with Gasteiger partial charge in [0.15, 0.2) is 0 Å². The zero-order valence-electron chi connectivity index (χ0n) is 16.4. The molecule has 2 atom stereocenters. The molecule has 2 aromatic rings. The summed E-state index contributed by atoms with van der Waals surface area (Å²) in [7, 11) is 5.60. The number of amides is 2. The summed E-state index contributed by atoms with van der Waals surface area (Å²) in [5.74, 6) is 0.158. The van der Waals surface area contributed by atoms with Crippen molar-refractivity contribution in [1.29, 1.82) is 0 Å². The Kier molecular flexibility index (Phi) is 4.68. The first-order valence-electron chi connectivity index (χ1n) is 9.70. The van der Waals surface area contributed by atoms with Gasteiger partial charge in [0.2, 0.25) is 11.8 Å². The molecule has 3 saturated heterocycles. The van der Waals surface area contributed by atoms with E-state index in [2.05, 4.69) is 46.8 Å². The number of carbonyl (C=O) groups excluding carboxylic acids is 2. The number of hydrogen-bond donors (Lipinski definition) is 0. The van der Waals surface area contributed by atoms with Gasteiger partial charge in [-0.05, 0) is 30.4 Å². The fourth-order valence-corrected chi connectivity index (χ4v) is 4.48. The molecule has 0 radical (unpaired) electrons. The Balaban J connectivity index is 1.53. The minimum Gasteiger partial charge on any atom is -0.347 e. The molecule has 5 rings (SSSR count). The number of aryl methyl sites for hydroxylation is 1. The van der Waals surface area contributed by atoms with Gasteiger partial charge < -0.3 is 14.4 Å². The second-order valence-electron chi connectivity index (χ2n) is 8.13. The van der Waals surface area contributed by atoms with Crippen LogP contribution in [0.4, 0.5) is 0 Å². The largest absolute Gasteiger partial charge is 0.347 e. The van der Waals surface area contributed by atoms with Crippen LogP contribution in [0.2, 0.25) is 0 Å². The number of likely N-dealkylation sites (N-methyl/N-ethyl adjacent to an activating group) is 1. The van der Waals surface area contributed by atoms with Crippen LogP contribution in [0.15, 0.2) is 30.3 Å². The third kappa shape index (κ3) is 3.34. The van der Waals surface area contributed by atoms with Gasteiger partial charge in [-0.15, -0.1) is 0 Å². The average Bonchev–Trinajstić information content (AvgIpc) is 2.78. The Bertz CT molecular complexity index is 872. The van der Waals surface area contributed by atoms with Crippen molar-refractivity contribution in [3.63, 3.8) is 0 Å². The normalized spacial score (nSPS) is 23.1. The highest BCUT2D eigenvalue weighted by Crippen LogP contribution is 2.30. The number of nitrogens with zero attached hydrogens (tertiary/aromatic N) is 4. The topological polar surface area (TPSA) is 48.8 Å². The molecule has 2 amide bonds. The lowest BCUT2D eigenvalue weighted by Gasteiger charge is -2.36. The maximum atomic E-state index is 12.9. The van der Waals surface area contributed by atoms with Gasteiger partial charge in [-0.2, -0.15) is 0 Å². The molecule has 27 heavy (non-hydrogen) atoms. The number of para-hydroxylation sites is 1. The van der Waals surface area contributed by atoms with Crippen LogP contribution in [0.1, 0.15) is 18.5 Å². The molecule has 0 aliphatic carbocycles. The van der Waals surface area contributed by atoms with E-state index in [0.29, 0.717) is 0 Å². The van der Waals surface area contributed by atoms with Crippen molar-refractivity contribution in [2.45, 2.75) is 25.4 Å². The molecular weight excluding hydrogens is 340 g/mol. The Morgan fingerprint density at radius 1 is 1.19 bits per heavy atom. The van der Waals surface area contributed by atoms with Gasteiger partial charge in [0.05, 0.1) is 5.92 Å². The lowest BCUT2D eigenvalue weighted by Crippen LogP contribution is -2.51. The lowest BCUT2D eigenvalue weighted by molar-refractivity contribution is -0.145. The Hall–Kier alpha value is -2.34. The number of fused-ring (bicyclic) bond motifs is 5. The standard InChI is InChI=1S/C21H28N4O2/c1-22(2)20(26)14-25-17-9-8-16(21(25)27)11-24(12-17)13-18-10-15-6-4-5-7-19(15)23(18)3/h4-7,10,16-17H,8-9,11-14H2,1-3H3/t16-,17+/m0/s1. The third-order valence-corrected chi connectivity index (χ3v) is 6.11. The van der Waals surface area contributed by atoms with Crippen molar-refractivity contribution in [3.8, 4) is 0 Å². The predicted octanol–water partition coefficient (Wildman–Crippen LogP) is 1.69. The molecule has 6 nitrogen and oxygen atoms in total. The highest BCUT2D eigenvalue weighted by Gasteiger charge is 2.41. The van der Waals surface area contributed by atoms with Crippen molar-refractivity contribution in [1.82, 2.24) is 19.3 Å². The van der Waals surface area contributed by atoms with E-state index in [1.165, 1.54) is 16.6 Å². The summed E-state index contributed by atoms with van der Waals surface area (Å²) in [6.07, 6.45) is 1.92. The van der Waals surface area contributed by atoms with Crippen LogP contribution in [-0.2, 0) is 23.2 Å². The number of benzene rings is 1. The van der Waals surface area contributed by atoms with Gasteiger partial charge in [-0.3, -0.25) is 14.5 Å². The first-order valence-corrected chi connectivity index (χ1v) is 9.70. The number of hydrogen-bond acceptors (Lipinski definition) is 3. The Labute approximate surface area is 160 Å². The molecule has 4 heterocycles. The van der Waals surface area contributed by atoms with Crippen molar-refractivity contribution < 1.29 is 9.59 Å². The van der Waals surface area contributed by atoms with Gasteiger partial charge in [-0.25, -0.2) is 0 Å². The summed E-state index contributed by atoms with van der Waals surface area (Å²) in [6, 6.07) is 10.8. The number of aromatic nitrogens is 1. The van der Waals surface area contributed by atoms with Gasteiger partial charge in [0.25, 0.3) is 0 Å². The molecule has 2 bridgehead atoms. The molecule has 1 aromatic carbocycles. The summed E-state index contributed by atoms with van der Waals surface area (Å²) in [6.45, 7) is 2.66. The van der Waals surface area contributed by atoms with E-state index in [4.69, 9.17) is 0 Å². The molecule has 0 saturated carbocycles. The maximum absolute atomic E-state index is 12.9. The highest BCUT2D eigenvalue weighted by molar-refractivity contribution is 5.87. The Morgan fingerprint density at radius 2 is 1.96 bits per heavy atom. The van der Waals surface area contributed by atoms with Gasteiger partial charge in [0, 0.05) is 58.0 Å². The number of carbonyl (C=O) groups is 2. The van der Waals surface area contributed by atoms with E-state index in [-0.39, 0.29) is 30.3 Å². The van der Waals surface area contributed by atoms with Crippen LogP contribution in [0, 0.1) is 5.92 Å². The summed E-state index contributed by atoms with van der Waals surface area (Å²) in [5, 5.41) is 1.25.